The molecule has 1 fully saturated rings. The number of phosphoric acid groups is 1. The van der Waals surface area contributed by atoms with Crippen molar-refractivity contribution in [2.75, 3.05) is 18.5 Å². The van der Waals surface area contributed by atoms with E-state index in [0.29, 0.717) is 22.3 Å². The molecular formula is C22H27ClFN4O7P. The van der Waals surface area contributed by atoms with E-state index in [1.54, 1.807) is 30.5 Å². The van der Waals surface area contributed by atoms with Gasteiger partial charge in [0.15, 0.2) is 5.65 Å². The summed E-state index contributed by atoms with van der Waals surface area (Å²) in [6.45, 7) is 1.66. The monoisotopic (exact) mass is 544 g/mol. The van der Waals surface area contributed by atoms with Crippen molar-refractivity contribution in [3.8, 4) is 0 Å². The van der Waals surface area contributed by atoms with E-state index in [1.807, 2.05) is 6.92 Å². The SMILES string of the molecule is C[C@H](Nc1cc(Cl)nc2c1cnn2[C@@H]1C[C@H](OCCCOP(=O)(O)O)[C@@H](O)[C@H]1O)c1ccccc1F. The first-order valence-corrected chi connectivity index (χ1v) is 13.2. The van der Waals surface area contributed by atoms with E-state index in [-0.39, 0.29) is 43.1 Å². The van der Waals surface area contributed by atoms with Gasteiger partial charge in [-0.15, -0.1) is 0 Å². The van der Waals surface area contributed by atoms with E-state index in [4.69, 9.17) is 26.1 Å². The minimum absolute atomic E-state index is 0.0626. The summed E-state index contributed by atoms with van der Waals surface area (Å²) in [5, 5.41) is 29.6. The van der Waals surface area contributed by atoms with Crippen LogP contribution in [0.5, 0.6) is 0 Å². The Hall–Kier alpha value is -2.15. The lowest BCUT2D eigenvalue weighted by atomic mass is 10.1. The van der Waals surface area contributed by atoms with E-state index in [1.165, 1.54) is 10.7 Å². The number of anilines is 1. The van der Waals surface area contributed by atoms with E-state index in [0.717, 1.165) is 0 Å². The van der Waals surface area contributed by atoms with Crippen LogP contribution in [0.2, 0.25) is 5.15 Å². The van der Waals surface area contributed by atoms with Crippen LogP contribution in [-0.4, -0.2) is 66.3 Å². The van der Waals surface area contributed by atoms with Crippen molar-refractivity contribution >= 4 is 36.1 Å². The molecule has 1 saturated carbocycles. The minimum Gasteiger partial charge on any atom is -0.388 e. The summed E-state index contributed by atoms with van der Waals surface area (Å²) >= 11 is 6.27. The highest BCUT2D eigenvalue weighted by Crippen LogP contribution is 2.38. The number of aliphatic hydroxyl groups is 2. The lowest BCUT2D eigenvalue weighted by Gasteiger charge is -2.19. The molecule has 3 aromatic rings. The second kappa shape index (κ2) is 11.1. The Kier molecular flexibility index (Phi) is 8.28. The molecule has 0 saturated heterocycles. The average Bonchev–Trinajstić information content (AvgIpc) is 3.34. The van der Waals surface area contributed by atoms with Crippen molar-refractivity contribution < 1.29 is 38.2 Å². The molecule has 2 aromatic heterocycles. The molecular weight excluding hydrogens is 518 g/mol. The Bertz CT molecular complexity index is 1260. The fraction of sp³-hybridized carbons (Fsp3) is 0.455. The predicted octanol–water partition coefficient (Wildman–Crippen LogP) is 2.95. The Morgan fingerprint density at radius 2 is 2.03 bits per heavy atom. The normalized spacial score (nSPS) is 23.3. The molecule has 4 rings (SSSR count). The molecule has 14 heteroatoms. The van der Waals surface area contributed by atoms with Gasteiger partial charge in [-0.25, -0.2) is 18.6 Å². The molecule has 1 aliphatic carbocycles. The van der Waals surface area contributed by atoms with Gasteiger partial charge in [0.25, 0.3) is 0 Å². The van der Waals surface area contributed by atoms with Gasteiger partial charge in [-0.05, 0) is 25.5 Å². The average molecular weight is 545 g/mol. The van der Waals surface area contributed by atoms with Crippen molar-refractivity contribution in [2.24, 2.45) is 0 Å². The van der Waals surface area contributed by atoms with Gasteiger partial charge in [-0.3, -0.25) is 4.52 Å². The number of pyridine rings is 1. The molecule has 5 atom stereocenters. The zero-order chi connectivity index (χ0) is 26.0. The van der Waals surface area contributed by atoms with E-state index < -0.39 is 32.2 Å². The van der Waals surface area contributed by atoms with Gasteiger partial charge in [-0.2, -0.15) is 5.10 Å². The molecule has 0 aliphatic heterocycles. The number of phosphoric ester groups is 1. The summed E-state index contributed by atoms with van der Waals surface area (Å²) in [6, 6.07) is 6.99. The number of hydrogen-bond acceptors (Lipinski definition) is 8. The van der Waals surface area contributed by atoms with Gasteiger partial charge in [-0.1, -0.05) is 29.8 Å². The van der Waals surface area contributed by atoms with Gasteiger partial charge in [0.2, 0.25) is 0 Å². The molecule has 2 heterocycles. The third-order valence-corrected chi connectivity index (χ3v) is 6.78. The van der Waals surface area contributed by atoms with Gasteiger partial charge in [0.1, 0.15) is 23.2 Å². The number of nitrogens with one attached hydrogen (secondary N) is 1. The van der Waals surface area contributed by atoms with Crippen LogP contribution < -0.4 is 5.32 Å². The molecule has 0 spiro atoms. The highest BCUT2D eigenvalue weighted by molar-refractivity contribution is 7.46. The molecule has 1 aliphatic rings. The molecule has 36 heavy (non-hydrogen) atoms. The maximum absolute atomic E-state index is 14.2. The number of benzene rings is 1. The molecule has 0 amide bonds. The standard InChI is InChI=1S/C22H27ClFN4O7P/c1-12(13-5-2-3-6-15(13)24)26-16-9-19(23)27-22-14(16)11-25-28(22)17-10-18(21(30)20(17)29)34-7-4-8-35-36(31,32)33/h2-3,5-6,9,11-12,17-18,20-21,29-30H,4,7-8,10H2,1H3,(H,26,27)(H2,31,32,33)/t12-,17+,18-,20-,21+/m0/s1. The van der Waals surface area contributed by atoms with Crippen LogP contribution in [0.15, 0.2) is 36.5 Å². The maximum atomic E-state index is 14.2. The molecule has 0 bridgehead atoms. The number of aliphatic hydroxyl groups excluding tert-OH is 2. The largest absolute Gasteiger partial charge is 0.469 e. The van der Waals surface area contributed by atoms with Gasteiger partial charge >= 0.3 is 7.82 Å². The Balaban J connectivity index is 1.49. The fourth-order valence-electron chi connectivity index (χ4n) is 4.34. The smallest absolute Gasteiger partial charge is 0.388 e. The molecule has 0 radical (unpaired) electrons. The Morgan fingerprint density at radius 3 is 2.75 bits per heavy atom. The number of aromatic nitrogens is 3. The number of hydrogen-bond donors (Lipinski definition) is 5. The number of nitrogens with zero attached hydrogens (tertiary/aromatic N) is 3. The Labute approximate surface area is 211 Å². The van der Waals surface area contributed by atoms with Gasteiger partial charge in [0.05, 0.1) is 42.1 Å². The fourth-order valence-corrected chi connectivity index (χ4v) is 4.90. The predicted molar refractivity (Wildman–Crippen MR) is 129 cm³/mol. The number of fused-ring (bicyclic) bond motifs is 1. The second-order valence-corrected chi connectivity index (χ2v) is 10.2. The summed E-state index contributed by atoms with van der Waals surface area (Å²) in [7, 11) is -4.55. The molecule has 5 N–H and O–H groups in total. The van der Waals surface area contributed by atoms with E-state index in [9.17, 15) is 19.2 Å². The number of rotatable bonds is 10. The zero-order valence-corrected chi connectivity index (χ0v) is 20.9. The molecule has 11 nitrogen and oxygen atoms in total. The first kappa shape index (κ1) is 26.9. The highest BCUT2D eigenvalue weighted by atomic mass is 35.5. The van der Waals surface area contributed by atoms with Crippen molar-refractivity contribution in [2.45, 2.75) is 50.2 Å². The summed E-state index contributed by atoms with van der Waals surface area (Å²) < 4.78 is 36.4. The van der Waals surface area contributed by atoms with Crippen molar-refractivity contribution in [1.29, 1.82) is 0 Å². The molecule has 0 unspecified atom stereocenters. The lowest BCUT2D eigenvalue weighted by Crippen LogP contribution is -2.33. The first-order valence-electron chi connectivity index (χ1n) is 11.3. The van der Waals surface area contributed by atoms with Crippen LogP contribution in [0.1, 0.15) is 37.4 Å². The summed E-state index contributed by atoms with van der Waals surface area (Å²) in [4.78, 5) is 21.8. The van der Waals surface area contributed by atoms with Gasteiger partial charge in [0, 0.05) is 18.6 Å². The summed E-state index contributed by atoms with van der Waals surface area (Å²) in [5.74, 6) is -0.341. The van der Waals surface area contributed by atoms with E-state index in [2.05, 4.69) is 19.9 Å². The molecule has 196 valence electrons. The highest BCUT2D eigenvalue weighted by Gasteiger charge is 2.44. The lowest BCUT2D eigenvalue weighted by molar-refractivity contribution is -0.0585. The van der Waals surface area contributed by atoms with E-state index >= 15 is 0 Å². The Morgan fingerprint density at radius 1 is 1.28 bits per heavy atom. The van der Waals surface area contributed by atoms with Crippen LogP contribution in [-0.2, 0) is 13.8 Å². The van der Waals surface area contributed by atoms with Crippen LogP contribution in [0.3, 0.4) is 0 Å². The summed E-state index contributed by atoms with van der Waals surface area (Å²) in [5.41, 5.74) is 1.43. The summed E-state index contributed by atoms with van der Waals surface area (Å²) in [6.07, 6.45) is -1.21. The van der Waals surface area contributed by atoms with Gasteiger partial charge < -0.3 is 30.1 Å². The first-order chi connectivity index (χ1) is 17.0. The van der Waals surface area contributed by atoms with Crippen molar-refractivity contribution in [3.05, 3.63) is 53.1 Å². The van der Waals surface area contributed by atoms with Crippen molar-refractivity contribution in [1.82, 2.24) is 14.8 Å². The third-order valence-electron chi connectivity index (χ3n) is 6.07. The topological polar surface area (TPSA) is 159 Å². The molecule has 1 aromatic carbocycles. The third kappa shape index (κ3) is 6.04. The maximum Gasteiger partial charge on any atom is 0.469 e. The second-order valence-electron chi connectivity index (χ2n) is 8.58. The van der Waals surface area contributed by atoms with Crippen LogP contribution in [0, 0.1) is 5.82 Å². The van der Waals surface area contributed by atoms with Crippen LogP contribution in [0.4, 0.5) is 10.1 Å². The van der Waals surface area contributed by atoms with Crippen molar-refractivity contribution in [3.63, 3.8) is 0 Å². The van der Waals surface area contributed by atoms with Crippen LogP contribution in [0.25, 0.3) is 11.0 Å². The number of halogens is 2. The number of ether oxygens (including phenoxy) is 1. The zero-order valence-electron chi connectivity index (χ0n) is 19.2. The quantitative estimate of drug-likeness (QED) is 0.146. The minimum atomic E-state index is -4.55. The van der Waals surface area contributed by atoms with Crippen LogP contribution >= 0.6 is 19.4 Å².